The highest BCUT2D eigenvalue weighted by atomic mass is 16.4. The third-order valence-electron chi connectivity index (χ3n) is 5.32. The number of carbonyl (C=O) groups is 1. The van der Waals surface area contributed by atoms with Crippen molar-refractivity contribution in [2.24, 2.45) is 5.92 Å². The lowest BCUT2D eigenvalue weighted by Gasteiger charge is -2.34. The number of furan rings is 1. The second-order valence-electron chi connectivity index (χ2n) is 6.89. The van der Waals surface area contributed by atoms with Crippen LogP contribution in [-0.4, -0.2) is 34.1 Å². The van der Waals surface area contributed by atoms with Crippen molar-refractivity contribution in [1.29, 1.82) is 0 Å². The van der Waals surface area contributed by atoms with Crippen LogP contribution in [0.2, 0.25) is 0 Å². The minimum Gasteiger partial charge on any atom is -0.472 e. The Morgan fingerprint density at radius 2 is 1.88 bits per heavy atom. The monoisotopic (exact) mass is 329 g/mol. The Kier molecular flexibility index (Phi) is 4.36. The number of likely N-dealkylation sites (tertiary alicyclic amines) is 1. The molecule has 0 radical (unpaired) electrons. The molecular formula is C18H23N3O3. The maximum absolute atomic E-state index is 12.6. The number of aromatic nitrogens is 2. The predicted molar refractivity (Wildman–Crippen MR) is 87.1 cm³/mol. The largest absolute Gasteiger partial charge is 0.472 e. The smallest absolute Gasteiger partial charge is 0.250 e. The molecule has 1 saturated heterocycles. The summed E-state index contributed by atoms with van der Waals surface area (Å²) < 4.78 is 10.8. The standard InChI is InChI=1S/C18H23N3O3/c22-18(14-4-2-1-3-5-14)21-9-6-13(7-10-21)16-19-20-17(24-16)15-8-11-23-12-15/h8,11-14H,1-7,9-10H2. The van der Waals surface area contributed by atoms with Crippen molar-refractivity contribution in [3.63, 3.8) is 0 Å². The topological polar surface area (TPSA) is 72.4 Å². The van der Waals surface area contributed by atoms with Crippen molar-refractivity contribution in [3.05, 3.63) is 24.5 Å². The molecule has 128 valence electrons. The average Bonchev–Trinajstić information content (AvgIpc) is 3.33. The van der Waals surface area contributed by atoms with Gasteiger partial charge in [0.15, 0.2) is 0 Å². The van der Waals surface area contributed by atoms with Crippen LogP contribution in [0, 0.1) is 5.92 Å². The van der Waals surface area contributed by atoms with Crippen LogP contribution in [0.25, 0.3) is 11.5 Å². The van der Waals surface area contributed by atoms with Crippen LogP contribution in [0.1, 0.15) is 56.8 Å². The molecule has 6 heteroatoms. The summed E-state index contributed by atoms with van der Waals surface area (Å²) in [4.78, 5) is 14.7. The van der Waals surface area contributed by atoms with E-state index in [1.54, 1.807) is 12.5 Å². The summed E-state index contributed by atoms with van der Waals surface area (Å²) in [6.45, 7) is 1.59. The molecule has 1 saturated carbocycles. The first-order chi connectivity index (χ1) is 11.8. The van der Waals surface area contributed by atoms with Gasteiger partial charge in [-0.15, -0.1) is 10.2 Å². The molecule has 24 heavy (non-hydrogen) atoms. The van der Waals surface area contributed by atoms with Crippen molar-refractivity contribution < 1.29 is 13.6 Å². The first-order valence-corrected chi connectivity index (χ1v) is 8.96. The van der Waals surface area contributed by atoms with Crippen LogP contribution in [0.15, 0.2) is 27.4 Å². The fourth-order valence-electron chi connectivity index (χ4n) is 3.86. The Morgan fingerprint density at radius 1 is 1.08 bits per heavy atom. The van der Waals surface area contributed by atoms with Crippen molar-refractivity contribution in [2.45, 2.75) is 50.9 Å². The van der Waals surface area contributed by atoms with Crippen molar-refractivity contribution in [3.8, 4) is 11.5 Å². The first-order valence-electron chi connectivity index (χ1n) is 8.96. The maximum atomic E-state index is 12.6. The van der Waals surface area contributed by atoms with E-state index >= 15 is 0 Å². The SMILES string of the molecule is O=C(C1CCCCC1)N1CCC(c2nnc(-c3ccoc3)o2)CC1. The Morgan fingerprint density at radius 3 is 2.58 bits per heavy atom. The lowest BCUT2D eigenvalue weighted by Crippen LogP contribution is -2.41. The van der Waals surface area contributed by atoms with Gasteiger partial charge in [0.25, 0.3) is 5.89 Å². The lowest BCUT2D eigenvalue weighted by atomic mass is 9.87. The molecule has 2 aromatic heterocycles. The molecule has 1 aliphatic carbocycles. The molecule has 0 atom stereocenters. The number of carbonyl (C=O) groups excluding carboxylic acids is 1. The zero-order chi connectivity index (χ0) is 16.4. The number of piperidine rings is 1. The highest BCUT2D eigenvalue weighted by Gasteiger charge is 2.31. The summed E-state index contributed by atoms with van der Waals surface area (Å²) in [6.07, 6.45) is 10.8. The molecule has 2 fully saturated rings. The summed E-state index contributed by atoms with van der Waals surface area (Å²) in [5.41, 5.74) is 0.804. The Balaban J connectivity index is 1.35. The quantitative estimate of drug-likeness (QED) is 0.860. The van der Waals surface area contributed by atoms with Crippen LogP contribution < -0.4 is 0 Å². The van der Waals surface area contributed by atoms with Crippen LogP contribution in [0.4, 0.5) is 0 Å². The number of nitrogens with zero attached hydrogens (tertiary/aromatic N) is 3. The maximum Gasteiger partial charge on any atom is 0.250 e. The molecule has 1 aliphatic heterocycles. The van der Waals surface area contributed by atoms with E-state index in [2.05, 4.69) is 10.2 Å². The minimum absolute atomic E-state index is 0.244. The average molecular weight is 329 g/mol. The molecule has 0 bridgehead atoms. The molecule has 1 amide bonds. The van der Waals surface area contributed by atoms with Gasteiger partial charge in [0.2, 0.25) is 11.8 Å². The van der Waals surface area contributed by atoms with Gasteiger partial charge in [0, 0.05) is 24.9 Å². The van der Waals surface area contributed by atoms with Crippen LogP contribution in [0.3, 0.4) is 0 Å². The van der Waals surface area contributed by atoms with Gasteiger partial charge in [0.1, 0.15) is 6.26 Å². The van der Waals surface area contributed by atoms with Crippen LogP contribution in [-0.2, 0) is 4.79 Å². The summed E-state index contributed by atoms with van der Waals surface area (Å²) in [5, 5.41) is 8.30. The molecule has 6 nitrogen and oxygen atoms in total. The molecule has 2 aliphatic rings. The van der Waals surface area contributed by atoms with E-state index in [4.69, 9.17) is 8.83 Å². The lowest BCUT2D eigenvalue weighted by molar-refractivity contribution is -0.137. The van der Waals surface area contributed by atoms with E-state index in [9.17, 15) is 4.79 Å². The Hall–Kier alpha value is -2.11. The molecule has 3 heterocycles. The van der Waals surface area contributed by atoms with Gasteiger partial charge in [-0.2, -0.15) is 0 Å². The summed E-state index contributed by atoms with van der Waals surface area (Å²) in [7, 11) is 0. The van der Waals surface area contributed by atoms with Crippen molar-refractivity contribution >= 4 is 5.91 Å². The third-order valence-corrected chi connectivity index (χ3v) is 5.32. The zero-order valence-electron chi connectivity index (χ0n) is 13.8. The van der Waals surface area contributed by atoms with Gasteiger partial charge in [-0.3, -0.25) is 4.79 Å². The van der Waals surface area contributed by atoms with E-state index in [-0.39, 0.29) is 11.8 Å². The number of hydrogen-bond acceptors (Lipinski definition) is 5. The molecule has 0 aromatic carbocycles. The van der Waals surface area contributed by atoms with Gasteiger partial charge in [0.05, 0.1) is 11.8 Å². The van der Waals surface area contributed by atoms with Crippen molar-refractivity contribution in [1.82, 2.24) is 15.1 Å². The van der Waals surface area contributed by atoms with Gasteiger partial charge in [-0.25, -0.2) is 0 Å². The van der Waals surface area contributed by atoms with E-state index in [1.807, 2.05) is 11.0 Å². The second-order valence-corrected chi connectivity index (χ2v) is 6.89. The summed E-state index contributed by atoms with van der Waals surface area (Å²) >= 11 is 0. The van der Waals surface area contributed by atoms with Crippen LogP contribution in [0.5, 0.6) is 0 Å². The van der Waals surface area contributed by atoms with E-state index in [1.165, 1.54) is 19.3 Å². The fourth-order valence-corrected chi connectivity index (χ4v) is 3.86. The van der Waals surface area contributed by atoms with E-state index in [0.29, 0.717) is 17.7 Å². The van der Waals surface area contributed by atoms with Crippen molar-refractivity contribution in [2.75, 3.05) is 13.1 Å². The normalized spacial score (nSPS) is 20.4. The fraction of sp³-hybridized carbons (Fsp3) is 0.611. The summed E-state index contributed by atoms with van der Waals surface area (Å²) in [5.74, 6) is 2.04. The molecule has 2 aromatic rings. The molecule has 0 N–H and O–H groups in total. The summed E-state index contributed by atoms with van der Waals surface area (Å²) in [6, 6.07) is 1.81. The second kappa shape index (κ2) is 6.79. The van der Waals surface area contributed by atoms with Gasteiger partial charge in [-0.05, 0) is 31.7 Å². The minimum atomic E-state index is 0.244. The van der Waals surface area contributed by atoms with Gasteiger partial charge < -0.3 is 13.7 Å². The number of rotatable bonds is 3. The molecule has 0 unspecified atom stereocenters. The molecule has 4 rings (SSSR count). The Bertz CT molecular complexity index is 666. The Labute approximate surface area is 141 Å². The predicted octanol–water partition coefficient (Wildman–Crippen LogP) is 3.62. The van der Waals surface area contributed by atoms with Crippen LogP contribution >= 0.6 is 0 Å². The molecular weight excluding hydrogens is 306 g/mol. The highest BCUT2D eigenvalue weighted by Crippen LogP contribution is 2.32. The zero-order valence-corrected chi connectivity index (χ0v) is 13.8. The number of hydrogen-bond donors (Lipinski definition) is 0. The van der Waals surface area contributed by atoms with Gasteiger partial charge >= 0.3 is 0 Å². The highest BCUT2D eigenvalue weighted by molar-refractivity contribution is 5.79. The first kappa shape index (κ1) is 15.4. The third kappa shape index (κ3) is 3.09. The molecule has 0 spiro atoms. The van der Waals surface area contributed by atoms with Gasteiger partial charge in [-0.1, -0.05) is 19.3 Å². The van der Waals surface area contributed by atoms with E-state index < -0.39 is 0 Å². The van der Waals surface area contributed by atoms with E-state index in [0.717, 1.165) is 44.3 Å². The number of amides is 1.